The van der Waals surface area contributed by atoms with Crippen LogP contribution in [0.1, 0.15) is 48.4 Å². The van der Waals surface area contributed by atoms with E-state index in [0.717, 1.165) is 16.7 Å². The Hall–Kier alpha value is -3.74. The Morgan fingerprint density at radius 2 is 1.72 bits per heavy atom. The van der Waals surface area contributed by atoms with Gasteiger partial charge in [-0.25, -0.2) is 4.79 Å². The molecule has 0 saturated heterocycles. The van der Waals surface area contributed by atoms with E-state index in [9.17, 15) is 9.59 Å². The molecule has 0 radical (unpaired) electrons. The molecule has 0 spiro atoms. The van der Waals surface area contributed by atoms with Crippen LogP contribution in [0.5, 0.6) is 0 Å². The van der Waals surface area contributed by atoms with E-state index in [-0.39, 0.29) is 18.1 Å². The molecule has 3 rings (SSSR count). The maximum atomic E-state index is 13.1. The molecule has 0 aliphatic carbocycles. The molecule has 2 amide bonds. The van der Waals surface area contributed by atoms with Crippen LogP contribution in [-0.4, -0.2) is 35.1 Å². The SMILES string of the molecule is Cc1ccc(-c2cc(C(=O)NC(C)c3cnccn3)cc(N(C)C(=O)OC(C)C)c2)cc1. The first-order valence-electron chi connectivity index (χ1n) is 10.5. The topological polar surface area (TPSA) is 84.4 Å². The molecular weight excluding hydrogens is 404 g/mol. The van der Waals surface area contributed by atoms with Crippen LogP contribution in [0.4, 0.5) is 10.5 Å². The van der Waals surface area contributed by atoms with Gasteiger partial charge in [-0.05, 0) is 57.0 Å². The molecule has 3 aromatic rings. The molecule has 166 valence electrons. The Bertz CT molecular complexity index is 1080. The molecule has 1 aromatic heterocycles. The summed E-state index contributed by atoms with van der Waals surface area (Å²) < 4.78 is 5.32. The third-order valence-corrected chi connectivity index (χ3v) is 4.94. The standard InChI is InChI=1S/C25H28N4O3/c1-16(2)32-25(31)29(5)22-13-20(19-8-6-17(3)7-9-19)12-21(14-22)24(30)28-18(4)23-15-26-10-11-27-23/h6-16,18H,1-5H3,(H,28,30). The smallest absolute Gasteiger partial charge is 0.414 e. The molecule has 32 heavy (non-hydrogen) atoms. The predicted octanol–water partition coefficient (Wildman–Crippen LogP) is 4.92. The molecule has 7 nitrogen and oxygen atoms in total. The predicted molar refractivity (Wildman–Crippen MR) is 125 cm³/mol. The summed E-state index contributed by atoms with van der Waals surface area (Å²) in [5.74, 6) is -0.274. The summed E-state index contributed by atoms with van der Waals surface area (Å²) in [6.07, 6.45) is 4.06. The van der Waals surface area contributed by atoms with Gasteiger partial charge in [0.25, 0.3) is 5.91 Å². The normalized spacial score (nSPS) is 11.7. The zero-order valence-electron chi connectivity index (χ0n) is 19.0. The van der Waals surface area contributed by atoms with Gasteiger partial charge in [-0.15, -0.1) is 0 Å². The lowest BCUT2D eigenvalue weighted by molar-refractivity contribution is 0.0938. The first-order valence-corrected chi connectivity index (χ1v) is 10.5. The van der Waals surface area contributed by atoms with Gasteiger partial charge in [-0.3, -0.25) is 19.7 Å². The van der Waals surface area contributed by atoms with Crippen molar-refractivity contribution in [3.8, 4) is 11.1 Å². The fourth-order valence-corrected chi connectivity index (χ4v) is 3.12. The molecule has 1 unspecified atom stereocenters. The first kappa shape index (κ1) is 22.9. The quantitative estimate of drug-likeness (QED) is 0.597. The number of ether oxygens (including phenoxy) is 1. The van der Waals surface area contributed by atoms with Gasteiger partial charge in [0.1, 0.15) is 0 Å². The summed E-state index contributed by atoms with van der Waals surface area (Å²) in [7, 11) is 1.63. The average molecular weight is 433 g/mol. The minimum absolute atomic E-state index is 0.249. The highest BCUT2D eigenvalue weighted by atomic mass is 16.6. The monoisotopic (exact) mass is 432 g/mol. The van der Waals surface area contributed by atoms with Crippen molar-refractivity contribution in [2.45, 2.75) is 39.8 Å². The highest BCUT2D eigenvalue weighted by Gasteiger charge is 2.19. The van der Waals surface area contributed by atoms with Crippen LogP contribution in [0.25, 0.3) is 11.1 Å². The third-order valence-electron chi connectivity index (χ3n) is 4.94. The van der Waals surface area contributed by atoms with Gasteiger partial charge < -0.3 is 10.1 Å². The number of carbonyl (C=O) groups excluding carboxylic acids is 2. The van der Waals surface area contributed by atoms with Gasteiger partial charge in [-0.2, -0.15) is 0 Å². The third kappa shape index (κ3) is 5.69. The van der Waals surface area contributed by atoms with Crippen molar-refractivity contribution in [2.24, 2.45) is 0 Å². The van der Waals surface area contributed by atoms with Crippen molar-refractivity contribution in [2.75, 3.05) is 11.9 Å². The van der Waals surface area contributed by atoms with Crippen molar-refractivity contribution < 1.29 is 14.3 Å². The van der Waals surface area contributed by atoms with Crippen molar-refractivity contribution in [3.05, 3.63) is 77.9 Å². The summed E-state index contributed by atoms with van der Waals surface area (Å²) in [5, 5.41) is 2.95. The van der Waals surface area contributed by atoms with Gasteiger partial charge in [-0.1, -0.05) is 29.8 Å². The Morgan fingerprint density at radius 3 is 2.34 bits per heavy atom. The van der Waals surface area contributed by atoms with Crippen molar-refractivity contribution in [1.29, 1.82) is 0 Å². The van der Waals surface area contributed by atoms with E-state index < -0.39 is 6.09 Å². The molecule has 0 aliphatic heterocycles. The van der Waals surface area contributed by atoms with Crippen LogP contribution in [0, 0.1) is 6.92 Å². The Morgan fingerprint density at radius 1 is 1.00 bits per heavy atom. The van der Waals surface area contributed by atoms with Gasteiger partial charge >= 0.3 is 6.09 Å². The maximum absolute atomic E-state index is 13.1. The van der Waals surface area contributed by atoms with E-state index in [4.69, 9.17) is 4.74 Å². The minimum Gasteiger partial charge on any atom is -0.446 e. The van der Waals surface area contributed by atoms with Crippen LogP contribution in [0.2, 0.25) is 0 Å². The Kier molecular flexibility index (Phi) is 7.20. The molecule has 1 atom stereocenters. The Balaban J connectivity index is 1.96. The van der Waals surface area contributed by atoms with Crippen LogP contribution < -0.4 is 10.2 Å². The molecule has 0 fully saturated rings. The number of nitrogens with one attached hydrogen (secondary N) is 1. The number of benzene rings is 2. The minimum atomic E-state index is -0.486. The van der Waals surface area contributed by atoms with Gasteiger partial charge in [0.15, 0.2) is 0 Å². The molecule has 2 aromatic carbocycles. The summed E-state index contributed by atoms with van der Waals surface area (Å²) in [6, 6.07) is 13.0. The fourth-order valence-electron chi connectivity index (χ4n) is 3.12. The lowest BCUT2D eigenvalue weighted by atomic mass is 10.00. The van der Waals surface area contributed by atoms with Gasteiger partial charge in [0, 0.05) is 30.7 Å². The van der Waals surface area contributed by atoms with Gasteiger partial charge in [0.05, 0.1) is 24.0 Å². The first-order chi connectivity index (χ1) is 15.2. The zero-order chi connectivity index (χ0) is 23.3. The molecule has 1 heterocycles. The summed E-state index contributed by atoms with van der Waals surface area (Å²) >= 11 is 0. The molecule has 0 saturated carbocycles. The van der Waals surface area contributed by atoms with E-state index in [1.54, 1.807) is 45.6 Å². The van der Waals surface area contributed by atoms with Gasteiger partial charge in [0.2, 0.25) is 0 Å². The highest BCUT2D eigenvalue weighted by Crippen LogP contribution is 2.28. The second-order valence-corrected chi connectivity index (χ2v) is 7.95. The number of rotatable bonds is 6. The number of amides is 2. The van der Waals surface area contributed by atoms with Crippen LogP contribution in [0.3, 0.4) is 0 Å². The number of aryl methyl sites for hydroxylation is 1. The van der Waals surface area contributed by atoms with Crippen LogP contribution in [-0.2, 0) is 4.74 Å². The van der Waals surface area contributed by atoms with E-state index in [2.05, 4.69) is 15.3 Å². The molecule has 7 heteroatoms. The van der Waals surface area contributed by atoms with Crippen LogP contribution in [0.15, 0.2) is 61.1 Å². The average Bonchev–Trinajstić information content (AvgIpc) is 2.78. The number of anilines is 1. The lowest BCUT2D eigenvalue weighted by Crippen LogP contribution is -2.30. The fraction of sp³-hybridized carbons (Fsp3) is 0.280. The zero-order valence-corrected chi connectivity index (χ0v) is 19.0. The van der Waals surface area contributed by atoms with Crippen molar-refractivity contribution in [3.63, 3.8) is 0 Å². The Labute approximate surface area is 188 Å². The van der Waals surface area contributed by atoms with Crippen LogP contribution >= 0.6 is 0 Å². The number of hydrogen-bond acceptors (Lipinski definition) is 5. The van der Waals surface area contributed by atoms with E-state index in [1.165, 1.54) is 4.90 Å². The number of aromatic nitrogens is 2. The molecule has 0 aliphatic rings. The lowest BCUT2D eigenvalue weighted by Gasteiger charge is -2.21. The second kappa shape index (κ2) is 10.0. The summed E-state index contributed by atoms with van der Waals surface area (Å²) in [6.45, 7) is 7.45. The van der Waals surface area contributed by atoms with E-state index in [0.29, 0.717) is 16.9 Å². The largest absolute Gasteiger partial charge is 0.446 e. The molecule has 0 bridgehead atoms. The summed E-state index contributed by atoms with van der Waals surface area (Å²) in [4.78, 5) is 35.3. The van der Waals surface area contributed by atoms with Crippen molar-refractivity contribution in [1.82, 2.24) is 15.3 Å². The number of carbonyl (C=O) groups is 2. The van der Waals surface area contributed by atoms with E-state index >= 15 is 0 Å². The number of nitrogens with zero attached hydrogens (tertiary/aromatic N) is 3. The molecule has 1 N–H and O–H groups in total. The van der Waals surface area contributed by atoms with E-state index in [1.807, 2.05) is 50.2 Å². The second-order valence-electron chi connectivity index (χ2n) is 7.95. The maximum Gasteiger partial charge on any atom is 0.414 e. The number of hydrogen-bond donors (Lipinski definition) is 1. The highest BCUT2D eigenvalue weighted by molar-refractivity contribution is 5.98. The summed E-state index contributed by atoms with van der Waals surface area (Å²) in [5.41, 5.74) is 4.55. The van der Waals surface area contributed by atoms with Crippen molar-refractivity contribution >= 4 is 17.7 Å². The molecular formula is C25H28N4O3.